The lowest BCUT2D eigenvalue weighted by Gasteiger charge is -2.21. The maximum Gasteiger partial charge on any atom is 0.238 e. The third kappa shape index (κ3) is 3.71. The summed E-state index contributed by atoms with van der Waals surface area (Å²) in [6.07, 6.45) is 5.67. The molecule has 2 N–H and O–H groups in total. The van der Waals surface area contributed by atoms with Crippen LogP contribution < -0.4 is 10.6 Å². The van der Waals surface area contributed by atoms with E-state index in [-0.39, 0.29) is 11.9 Å². The molecule has 0 radical (unpaired) electrons. The molecule has 1 aliphatic rings. The van der Waals surface area contributed by atoms with Gasteiger partial charge >= 0.3 is 0 Å². The molecule has 1 fully saturated rings. The molecule has 0 aromatic rings. The van der Waals surface area contributed by atoms with Crippen molar-refractivity contribution in [1.29, 1.82) is 0 Å². The zero-order valence-corrected chi connectivity index (χ0v) is 8.32. The molecule has 1 aliphatic heterocycles. The van der Waals surface area contributed by atoms with Crippen molar-refractivity contribution in [3.05, 3.63) is 0 Å². The topological polar surface area (TPSA) is 41.1 Å². The Balaban J connectivity index is 2.18. The molecule has 3 nitrogen and oxygen atoms in total. The second-order valence-electron chi connectivity index (χ2n) is 2.83. The molecule has 4 heteroatoms. The first-order chi connectivity index (χ1) is 6.34. The largest absolute Gasteiger partial charge is 0.354 e. The maximum atomic E-state index is 11.4. The van der Waals surface area contributed by atoms with Crippen LogP contribution in [-0.4, -0.2) is 36.5 Å². The Bertz CT molecular complexity index is 206. The van der Waals surface area contributed by atoms with E-state index in [9.17, 15) is 4.79 Å². The molecule has 72 valence electrons. The van der Waals surface area contributed by atoms with Crippen LogP contribution in [0.3, 0.4) is 0 Å². The Morgan fingerprint density at radius 3 is 3.23 bits per heavy atom. The van der Waals surface area contributed by atoms with Gasteiger partial charge in [-0.25, -0.2) is 0 Å². The molecule has 0 bridgehead atoms. The lowest BCUT2D eigenvalue weighted by Crippen LogP contribution is -2.49. The molecule has 0 spiro atoms. The minimum absolute atomic E-state index is 0.0310. The van der Waals surface area contributed by atoms with E-state index < -0.39 is 0 Å². The molecule has 0 aliphatic carbocycles. The molecule has 13 heavy (non-hydrogen) atoms. The summed E-state index contributed by atoms with van der Waals surface area (Å²) in [5.74, 6) is 4.51. The zero-order valence-electron chi connectivity index (χ0n) is 7.51. The molecule has 1 amide bonds. The number of hydrogen-bond donors (Lipinski definition) is 2. The first kappa shape index (κ1) is 10.4. The minimum Gasteiger partial charge on any atom is -0.354 e. The van der Waals surface area contributed by atoms with Crippen LogP contribution in [-0.2, 0) is 4.79 Å². The summed E-state index contributed by atoms with van der Waals surface area (Å²) >= 11 is 1.81. The van der Waals surface area contributed by atoms with Gasteiger partial charge in [0.2, 0.25) is 5.91 Å². The molecular weight excluding hydrogens is 184 g/mol. The Kier molecular flexibility index (Phi) is 4.73. The van der Waals surface area contributed by atoms with Crippen LogP contribution in [0.1, 0.15) is 6.42 Å². The van der Waals surface area contributed by atoms with E-state index in [1.54, 1.807) is 11.8 Å². The van der Waals surface area contributed by atoms with Crippen molar-refractivity contribution in [3.63, 3.8) is 0 Å². The molecule has 1 heterocycles. The molecule has 0 aromatic carbocycles. The van der Waals surface area contributed by atoms with Crippen molar-refractivity contribution in [1.82, 2.24) is 10.6 Å². The van der Waals surface area contributed by atoms with E-state index in [4.69, 9.17) is 6.42 Å². The van der Waals surface area contributed by atoms with Crippen molar-refractivity contribution in [2.45, 2.75) is 12.5 Å². The van der Waals surface area contributed by atoms with Crippen molar-refractivity contribution in [2.75, 3.05) is 24.6 Å². The van der Waals surface area contributed by atoms with E-state index >= 15 is 0 Å². The van der Waals surface area contributed by atoms with Gasteiger partial charge < -0.3 is 10.6 Å². The molecule has 1 saturated heterocycles. The van der Waals surface area contributed by atoms with E-state index in [0.29, 0.717) is 13.0 Å². The molecule has 1 rings (SSSR count). The summed E-state index contributed by atoms with van der Waals surface area (Å²) in [6.45, 7) is 1.50. The van der Waals surface area contributed by atoms with Crippen molar-refractivity contribution < 1.29 is 4.79 Å². The second-order valence-corrected chi connectivity index (χ2v) is 3.98. The highest BCUT2D eigenvalue weighted by atomic mass is 32.2. The van der Waals surface area contributed by atoms with Gasteiger partial charge in [0, 0.05) is 31.0 Å². The summed E-state index contributed by atoms with van der Waals surface area (Å²) in [6, 6.07) is -0.0310. The van der Waals surface area contributed by atoms with Crippen LogP contribution in [0, 0.1) is 12.3 Å². The second kappa shape index (κ2) is 5.90. The van der Waals surface area contributed by atoms with Crippen LogP contribution in [0.25, 0.3) is 0 Å². The van der Waals surface area contributed by atoms with Gasteiger partial charge in [-0.2, -0.15) is 11.8 Å². The standard InChI is InChI=1S/C9H14N2OS/c1-2-3-4-11-9(12)8-7-13-6-5-10-8/h1,8,10H,3-7H2,(H,11,12). The average Bonchev–Trinajstić information content (AvgIpc) is 2.19. The van der Waals surface area contributed by atoms with E-state index in [0.717, 1.165) is 18.1 Å². The fourth-order valence-corrected chi connectivity index (χ4v) is 2.05. The highest BCUT2D eigenvalue weighted by molar-refractivity contribution is 7.99. The number of carbonyl (C=O) groups is 1. The number of rotatable bonds is 3. The third-order valence-corrected chi connectivity index (χ3v) is 2.87. The van der Waals surface area contributed by atoms with Crippen LogP contribution in [0.5, 0.6) is 0 Å². The maximum absolute atomic E-state index is 11.4. The summed E-state index contributed by atoms with van der Waals surface area (Å²) in [7, 11) is 0. The van der Waals surface area contributed by atoms with Gasteiger partial charge in [-0.15, -0.1) is 12.3 Å². The first-order valence-corrected chi connectivity index (χ1v) is 5.52. The minimum atomic E-state index is -0.0310. The number of terminal acetylenes is 1. The van der Waals surface area contributed by atoms with E-state index in [1.807, 2.05) is 0 Å². The molecular formula is C9H14N2OS. The highest BCUT2D eigenvalue weighted by Gasteiger charge is 2.19. The van der Waals surface area contributed by atoms with Crippen LogP contribution in [0.2, 0.25) is 0 Å². The number of thioether (sulfide) groups is 1. The van der Waals surface area contributed by atoms with Gasteiger partial charge in [0.1, 0.15) is 0 Å². The molecule has 1 unspecified atom stereocenters. The number of amides is 1. The van der Waals surface area contributed by atoms with Crippen LogP contribution >= 0.6 is 11.8 Å². The summed E-state index contributed by atoms with van der Waals surface area (Å²) in [5, 5.41) is 5.96. The highest BCUT2D eigenvalue weighted by Crippen LogP contribution is 2.07. The lowest BCUT2D eigenvalue weighted by molar-refractivity contribution is -0.122. The van der Waals surface area contributed by atoms with Gasteiger partial charge in [0.15, 0.2) is 0 Å². The monoisotopic (exact) mass is 198 g/mol. The third-order valence-electron chi connectivity index (χ3n) is 1.81. The molecule has 1 atom stereocenters. The van der Waals surface area contributed by atoms with Gasteiger partial charge in [0.05, 0.1) is 6.04 Å². The number of hydrogen-bond acceptors (Lipinski definition) is 3. The van der Waals surface area contributed by atoms with E-state index in [1.165, 1.54) is 0 Å². The normalized spacial score (nSPS) is 21.9. The van der Waals surface area contributed by atoms with E-state index in [2.05, 4.69) is 16.6 Å². The zero-order chi connectivity index (χ0) is 9.52. The number of nitrogens with one attached hydrogen (secondary N) is 2. The van der Waals surface area contributed by atoms with Crippen LogP contribution in [0.15, 0.2) is 0 Å². The molecule has 0 saturated carbocycles. The number of carbonyl (C=O) groups excluding carboxylic acids is 1. The summed E-state index contributed by atoms with van der Waals surface area (Å²) in [5.41, 5.74) is 0. The predicted molar refractivity (Wildman–Crippen MR) is 55.6 cm³/mol. The summed E-state index contributed by atoms with van der Waals surface area (Å²) in [4.78, 5) is 11.4. The fraction of sp³-hybridized carbons (Fsp3) is 0.667. The Labute approximate surface area is 83.0 Å². The van der Waals surface area contributed by atoms with Gasteiger partial charge in [0.25, 0.3) is 0 Å². The smallest absolute Gasteiger partial charge is 0.238 e. The first-order valence-electron chi connectivity index (χ1n) is 4.37. The summed E-state index contributed by atoms with van der Waals surface area (Å²) < 4.78 is 0. The van der Waals surface area contributed by atoms with Crippen molar-refractivity contribution in [3.8, 4) is 12.3 Å². The predicted octanol–water partition coefficient (Wildman–Crippen LogP) is -0.169. The quantitative estimate of drug-likeness (QED) is 0.489. The average molecular weight is 198 g/mol. The van der Waals surface area contributed by atoms with Crippen LogP contribution in [0.4, 0.5) is 0 Å². The molecule has 0 aromatic heterocycles. The Hall–Kier alpha value is -0.660. The lowest BCUT2D eigenvalue weighted by atomic mass is 10.3. The SMILES string of the molecule is C#CCCNC(=O)C1CSCCN1. The fourth-order valence-electron chi connectivity index (χ4n) is 1.11. The van der Waals surface area contributed by atoms with Gasteiger partial charge in [-0.05, 0) is 0 Å². The Morgan fingerprint density at radius 2 is 2.62 bits per heavy atom. The van der Waals surface area contributed by atoms with Crippen molar-refractivity contribution >= 4 is 17.7 Å². The van der Waals surface area contributed by atoms with Crippen molar-refractivity contribution in [2.24, 2.45) is 0 Å². The van der Waals surface area contributed by atoms with Gasteiger partial charge in [-0.3, -0.25) is 4.79 Å². The van der Waals surface area contributed by atoms with Gasteiger partial charge in [-0.1, -0.05) is 0 Å². The Morgan fingerprint density at radius 1 is 1.77 bits per heavy atom.